The Morgan fingerprint density at radius 1 is 1.12 bits per heavy atom. The fourth-order valence-electron chi connectivity index (χ4n) is 3.21. The number of rotatable bonds is 2. The van der Waals surface area contributed by atoms with Crippen LogP contribution in [-0.4, -0.2) is 17.7 Å². The normalized spacial score (nSPS) is 14.0. The van der Waals surface area contributed by atoms with Crippen LogP contribution in [0.15, 0.2) is 59.4 Å². The summed E-state index contributed by atoms with van der Waals surface area (Å²) in [5.74, 6) is 6.92. The Kier molecular flexibility index (Phi) is 4.13. The lowest BCUT2D eigenvalue weighted by atomic mass is 10.0. The summed E-state index contributed by atoms with van der Waals surface area (Å²) in [5, 5.41) is 4.90. The summed E-state index contributed by atoms with van der Waals surface area (Å²) >= 11 is 0. The van der Waals surface area contributed by atoms with E-state index in [1.54, 1.807) is 0 Å². The first-order valence-corrected chi connectivity index (χ1v) is 8.73. The Labute approximate surface area is 147 Å². The van der Waals surface area contributed by atoms with Crippen molar-refractivity contribution >= 4 is 10.8 Å². The van der Waals surface area contributed by atoms with E-state index < -0.39 is 0 Å². The topological polar surface area (TPSA) is 34.0 Å². The van der Waals surface area contributed by atoms with Gasteiger partial charge in [0.1, 0.15) is 0 Å². The first-order chi connectivity index (χ1) is 12.3. The fourth-order valence-corrected chi connectivity index (χ4v) is 3.21. The molecular weight excluding hydrogens is 308 g/mol. The van der Waals surface area contributed by atoms with Gasteiger partial charge in [0.25, 0.3) is 5.56 Å². The van der Waals surface area contributed by atoms with Crippen LogP contribution >= 0.6 is 0 Å². The number of fused-ring (bicyclic) bond motifs is 1. The number of aryl methyl sites for hydroxylation is 1. The molecule has 1 aliphatic heterocycles. The van der Waals surface area contributed by atoms with Gasteiger partial charge in [0, 0.05) is 36.0 Å². The van der Waals surface area contributed by atoms with Gasteiger partial charge in [-0.25, -0.2) is 0 Å². The first-order valence-electron chi connectivity index (χ1n) is 8.73. The average molecular weight is 328 g/mol. The Balaban J connectivity index is 1.97. The first kappa shape index (κ1) is 15.7. The van der Waals surface area contributed by atoms with Gasteiger partial charge in [-0.3, -0.25) is 9.36 Å². The number of hydrogen-bond acceptors (Lipinski definition) is 2. The number of benzene rings is 2. The summed E-state index contributed by atoms with van der Waals surface area (Å²) in [6, 6.07) is 17.9. The summed E-state index contributed by atoms with van der Waals surface area (Å²) in [7, 11) is 0. The van der Waals surface area contributed by atoms with Gasteiger partial charge in [-0.1, -0.05) is 49.1 Å². The number of pyridine rings is 1. The van der Waals surface area contributed by atoms with Gasteiger partial charge in [-0.2, -0.15) is 0 Å². The molecule has 2 aromatic carbocycles. The second kappa shape index (κ2) is 6.58. The summed E-state index contributed by atoms with van der Waals surface area (Å²) in [5.41, 5.74) is 2.74. The van der Waals surface area contributed by atoms with Crippen LogP contribution in [0.2, 0.25) is 0 Å². The van der Waals surface area contributed by atoms with E-state index in [1.165, 1.54) is 0 Å². The van der Waals surface area contributed by atoms with Crippen molar-refractivity contribution in [2.24, 2.45) is 5.92 Å². The molecule has 0 bridgehead atoms. The van der Waals surface area contributed by atoms with Gasteiger partial charge in [0.05, 0.1) is 5.39 Å². The van der Waals surface area contributed by atoms with Crippen molar-refractivity contribution in [1.82, 2.24) is 9.88 Å². The highest BCUT2D eigenvalue weighted by Gasteiger charge is 2.14. The molecule has 2 heterocycles. The van der Waals surface area contributed by atoms with Crippen molar-refractivity contribution < 1.29 is 0 Å². The molecule has 0 unspecified atom stereocenters. The molecule has 25 heavy (non-hydrogen) atoms. The smallest absolute Gasteiger partial charge is 0.264 e. The molecule has 3 heteroatoms. The average Bonchev–Trinajstić information content (AvgIpc) is 2.60. The molecule has 1 fully saturated rings. The lowest BCUT2D eigenvalue weighted by Gasteiger charge is -2.21. The molecule has 124 valence electrons. The predicted molar refractivity (Wildman–Crippen MR) is 102 cm³/mol. The zero-order valence-electron chi connectivity index (χ0n) is 14.3. The summed E-state index contributed by atoms with van der Waals surface area (Å²) in [4.78, 5) is 13.3. The Bertz CT molecular complexity index is 1030. The third-order valence-corrected chi connectivity index (χ3v) is 4.69. The molecule has 1 saturated heterocycles. The van der Waals surface area contributed by atoms with Crippen molar-refractivity contribution in [2.75, 3.05) is 13.1 Å². The molecule has 3 nitrogen and oxygen atoms in total. The van der Waals surface area contributed by atoms with E-state index in [2.05, 4.69) is 30.1 Å². The van der Waals surface area contributed by atoms with E-state index in [0.717, 1.165) is 41.8 Å². The Morgan fingerprint density at radius 2 is 1.92 bits per heavy atom. The van der Waals surface area contributed by atoms with Crippen LogP contribution in [0, 0.1) is 17.8 Å². The van der Waals surface area contributed by atoms with E-state index in [4.69, 9.17) is 0 Å². The highest BCUT2D eigenvalue weighted by molar-refractivity contribution is 5.88. The maximum absolute atomic E-state index is 13.3. The van der Waals surface area contributed by atoms with Crippen LogP contribution in [-0.2, 0) is 6.42 Å². The highest BCUT2D eigenvalue weighted by Crippen LogP contribution is 2.19. The van der Waals surface area contributed by atoms with E-state index in [-0.39, 0.29) is 5.56 Å². The second-order valence-electron chi connectivity index (χ2n) is 6.36. The van der Waals surface area contributed by atoms with Crippen LogP contribution < -0.4 is 10.9 Å². The summed E-state index contributed by atoms with van der Waals surface area (Å²) in [6.45, 7) is 3.95. The molecule has 1 aromatic heterocycles. The van der Waals surface area contributed by atoms with Gasteiger partial charge < -0.3 is 5.32 Å². The van der Waals surface area contributed by atoms with Gasteiger partial charge in [-0.15, -0.1) is 0 Å². The van der Waals surface area contributed by atoms with Crippen LogP contribution in [0.3, 0.4) is 0 Å². The zero-order valence-corrected chi connectivity index (χ0v) is 14.3. The number of nitrogens with one attached hydrogen (secondary N) is 1. The third kappa shape index (κ3) is 2.86. The lowest BCUT2D eigenvalue weighted by Crippen LogP contribution is -2.40. The Morgan fingerprint density at radius 3 is 2.60 bits per heavy atom. The van der Waals surface area contributed by atoms with Crippen molar-refractivity contribution in [3.63, 3.8) is 0 Å². The molecule has 0 saturated carbocycles. The minimum absolute atomic E-state index is 0.0113. The summed E-state index contributed by atoms with van der Waals surface area (Å²) in [6.07, 6.45) is 0.795. The fraction of sp³-hybridized carbons (Fsp3) is 0.227. The quantitative estimate of drug-likeness (QED) is 0.734. The number of hydrogen-bond donors (Lipinski definition) is 1. The standard InChI is InChI=1S/C22H20N2O/c1-2-19-13-18-8-6-7-17(12-11-16-14-23-15-16)21(18)22(25)24(19)20-9-4-3-5-10-20/h3-10,13,16,23H,2,14-15H2,1H3. The van der Waals surface area contributed by atoms with Crippen LogP contribution in [0.5, 0.6) is 0 Å². The molecule has 0 amide bonds. The third-order valence-electron chi connectivity index (χ3n) is 4.69. The van der Waals surface area contributed by atoms with Gasteiger partial charge >= 0.3 is 0 Å². The summed E-state index contributed by atoms with van der Waals surface area (Å²) < 4.78 is 1.82. The predicted octanol–water partition coefficient (Wildman–Crippen LogP) is 3.12. The minimum atomic E-state index is 0.0113. The highest BCUT2D eigenvalue weighted by atomic mass is 16.1. The SMILES string of the molecule is CCc1cc2cccc(C#CC3CNC3)c2c(=O)n1-c1ccccc1. The van der Waals surface area contributed by atoms with E-state index in [0.29, 0.717) is 11.3 Å². The van der Waals surface area contributed by atoms with E-state index in [9.17, 15) is 4.79 Å². The number of nitrogens with zero attached hydrogens (tertiary/aromatic N) is 1. The molecular formula is C22H20N2O. The van der Waals surface area contributed by atoms with Gasteiger partial charge in [0.15, 0.2) is 0 Å². The lowest BCUT2D eigenvalue weighted by molar-refractivity contribution is 0.432. The van der Waals surface area contributed by atoms with Crippen LogP contribution in [0.4, 0.5) is 0 Å². The Hall–Kier alpha value is -2.83. The van der Waals surface area contributed by atoms with E-state index in [1.807, 2.05) is 53.1 Å². The minimum Gasteiger partial charge on any atom is -0.314 e. The molecule has 1 aliphatic rings. The number of para-hydroxylation sites is 1. The van der Waals surface area contributed by atoms with Crippen molar-refractivity contribution in [1.29, 1.82) is 0 Å². The van der Waals surface area contributed by atoms with Crippen molar-refractivity contribution in [3.05, 3.63) is 76.2 Å². The molecule has 3 aromatic rings. The molecule has 0 radical (unpaired) electrons. The number of aromatic nitrogens is 1. The monoisotopic (exact) mass is 328 g/mol. The molecule has 0 spiro atoms. The maximum Gasteiger partial charge on any atom is 0.264 e. The van der Waals surface area contributed by atoms with Crippen LogP contribution in [0.25, 0.3) is 16.5 Å². The van der Waals surface area contributed by atoms with Crippen molar-refractivity contribution in [2.45, 2.75) is 13.3 Å². The molecule has 0 aliphatic carbocycles. The zero-order chi connectivity index (χ0) is 17.2. The largest absolute Gasteiger partial charge is 0.314 e. The van der Waals surface area contributed by atoms with Gasteiger partial charge in [0.2, 0.25) is 0 Å². The molecule has 0 atom stereocenters. The van der Waals surface area contributed by atoms with Crippen molar-refractivity contribution in [3.8, 4) is 17.5 Å². The molecule has 4 rings (SSSR count). The second-order valence-corrected chi connectivity index (χ2v) is 6.36. The maximum atomic E-state index is 13.3. The van der Waals surface area contributed by atoms with E-state index >= 15 is 0 Å². The van der Waals surface area contributed by atoms with Gasteiger partial charge in [-0.05, 0) is 36.1 Å². The molecule has 1 N–H and O–H groups in total. The van der Waals surface area contributed by atoms with Crippen LogP contribution in [0.1, 0.15) is 18.2 Å².